The summed E-state index contributed by atoms with van der Waals surface area (Å²) < 4.78 is 1.74. The number of hydrogen-bond donors (Lipinski definition) is 1. The molecule has 6 heteroatoms. The first kappa shape index (κ1) is 12.6. The van der Waals surface area contributed by atoms with Crippen LogP contribution >= 0.6 is 11.6 Å². The van der Waals surface area contributed by atoms with Gasteiger partial charge in [0.1, 0.15) is 11.3 Å². The standard InChI is InChI=1S/C14H11ClN4O/c1-9-12(19-8-3-2-6-11(19)17-9)14(20)18-10-5-4-7-16-13(10)15/h2-8H,1H3,(H,18,20). The lowest BCUT2D eigenvalue weighted by molar-refractivity contribution is 0.102. The van der Waals surface area contributed by atoms with E-state index in [0.29, 0.717) is 17.1 Å². The van der Waals surface area contributed by atoms with Gasteiger partial charge in [0.2, 0.25) is 0 Å². The third kappa shape index (κ3) is 2.12. The molecule has 0 aliphatic heterocycles. The van der Waals surface area contributed by atoms with Gasteiger partial charge in [-0.25, -0.2) is 9.97 Å². The lowest BCUT2D eigenvalue weighted by atomic mass is 10.3. The number of amides is 1. The van der Waals surface area contributed by atoms with E-state index in [-0.39, 0.29) is 11.1 Å². The predicted molar refractivity (Wildman–Crippen MR) is 77.1 cm³/mol. The zero-order valence-corrected chi connectivity index (χ0v) is 11.4. The van der Waals surface area contributed by atoms with Crippen LogP contribution in [0.4, 0.5) is 5.69 Å². The zero-order chi connectivity index (χ0) is 14.1. The van der Waals surface area contributed by atoms with Crippen molar-refractivity contribution in [1.29, 1.82) is 0 Å². The molecule has 3 aromatic heterocycles. The SMILES string of the molecule is Cc1nc2ccccn2c1C(=O)Nc1cccnc1Cl. The molecule has 0 aromatic carbocycles. The molecule has 20 heavy (non-hydrogen) atoms. The van der Waals surface area contributed by atoms with Gasteiger partial charge in [-0.1, -0.05) is 17.7 Å². The molecule has 0 spiro atoms. The fraction of sp³-hybridized carbons (Fsp3) is 0.0714. The molecule has 0 radical (unpaired) electrons. The Kier molecular flexibility index (Phi) is 3.12. The molecule has 5 nitrogen and oxygen atoms in total. The maximum absolute atomic E-state index is 12.4. The van der Waals surface area contributed by atoms with E-state index >= 15 is 0 Å². The van der Waals surface area contributed by atoms with Crippen LogP contribution in [-0.2, 0) is 0 Å². The maximum Gasteiger partial charge on any atom is 0.274 e. The van der Waals surface area contributed by atoms with Crippen molar-refractivity contribution >= 4 is 28.8 Å². The van der Waals surface area contributed by atoms with Gasteiger partial charge in [-0.05, 0) is 31.2 Å². The van der Waals surface area contributed by atoms with E-state index in [9.17, 15) is 4.79 Å². The Labute approximate surface area is 120 Å². The second-order valence-corrected chi connectivity index (χ2v) is 4.63. The van der Waals surface area contributed by atoms with Crippen molar-refractivity contribution in [3.05, 3.63) is 59.3 Å². The number of aromatic nitrogens is 3. The Morgan fingerprint density at radius 2 is 2.15 bits per heavy atom. The Balaban J connectivity index is 2.01. The summed E-state index contributed by atoms with van der Waals surface area (Å²) in [6.07, 6.45) is 3.37. The van der Waals surface area contributed by atoms with Crippen LogP contribution in [0.15, 0.2) is 42.7 Å². The van der Waals surface area contributed by atoms with E-state index in [1.807, 2.05) is 18.2 Å². The molecule has 0 bridgehead atoms. The van der Waals surface area contributed by atoms with Gasteiger partial charge in [0.15, 0.2) is 5.15 Å². The minimum absolute atomic E-state index is 0.257. The van der Waals surface area contributed by atoms with Gasteiger partial charge >= 0.3 is 0 Å². The number of carbonyl (C=O) groups is 1. The Morgan fingerprint density at radius 3 is 2.95 bits per heavy atom. The molecule has 1 amide bonds. The zero-order valence-electron chi connectivity index (χ0n) is 10.7. The van der Waals surface area contributed by atoms with Crippen molar-refractivity contribution in [2.75, 3.05) is 5.32 Å². The summed E-state index contributed by atoms with van der Waals surface area (Å²) in [6, 6.07) is 8.98. The second-order valence-electron chi connectivity index (χ2n) is 4.27. The molecule has 100 valence electrons. The number of nitrogens with zero attached hydrogens (tertiary/aromatic N) is 3. The highest BCUT2D eigenvalue weighted by Crippen LogP contribution is 2.19. The fourth-order valence-corrected chi connectivity index (χ4v) is 2.21. The Bertz CT molecular complexity index is 797. The summed E-state index contributed by atoms with van der Waals surface area (Å²) in [5, 5.41) is 3.01. The first-order valence-corrected chi connectivity index (χ1v) is 6.40. The van der Waals surface area contributed by atoms with Crippen molar-refractivity contribution in [3.8, 4) is 0 Å². The van der Waals surface area contributed by atoms with Crippen molar-refractivity contribution in [3.63, 3.8) is 0 Å². The fourth-order valence-electron chi connectivity index (χ4n) is 2.05. The van der Waals surface area contributed by atoms with E-state index in [0.717, 1.165) is 5.65 Å². The highest BCUT2D eigenvalue weighted by molar-refractivity contribution is 6.32. The molecule has 0 saturated carbocycles. The van der Waals surface area contributed by atoms with Crippen LogP contribution in [0.3, 0.4) is 0 Å². The van der Waals surface area contributed by atoms with Gasteiger partial charge in [0, 0.05) is 12.4 Å². The molecule has 0 unspecified atom stereocenters. The van der Waals surface area contributed by atoms with Gasteiger partial charge in [-0.15, -0.1) is 0 Å². The van der Waals surface area contributed by atoms with Crippen molar-refractivity contribution in [2.24, 2.45) is 0 Å². The van der Waals surface area contributed by atoms with Crippen molar-refractivity contribution < 1.29 is 4.79 Å². The summed E-state index contributed by atoms with van der Waals surface area (Å²) in [7, 11) is 0. The normalized spacial score (nSPS) is 10.7. The molecule has 3 aromatic rings. The largest absolute Gasteiger partial charge is 0.318 e. The summed E-state index contributed by atoms with van der Waals surface area (Å²) in [4.78, 5) is 20.7. The lowest BCUT2D eigenvalue weighted by Gasteiger charge is -2.06. The van der Waals surface area contributed by atoms with E-state index in [4.69, 9.17) is 11.6 Å². The predicted octanol–water partition coefficient (Wildman–Crippen LogP) is 2.94. The van der Waals surface area contributed by atoms with Gasteiger partial charge in [0.05, 0.1) is 11.4 Å². The number of nitrogens with one attached hydrogen (secondary N) is 1. The van der Waals surface area contributed by atoms with Crippen LogP contribution in [0.1, 0.15) is 16.2 Å². The van der Waals surface area contributed by atoms with Crippen LogP contribution in [0.25, 0.3) is 5.65 Å². The molecular weight excluding hydrogens is 276 g/mol. The molecule has 0 fully saturated rings. The van der Waals surface area contributed by atoms with Crippen LogP contribution in [0.5, 0.6) is 0 Å². The lowest BCUT2D eigenvalue weighted by Crippen LogP contribution is -2.16. The summed E-state index contributed by atoms with van der Waals surface area (Å²) in [5.74, 6) is -0.267. The first-order chi connectivity index (χ1) is 9.66. The maximum atomic E-state index is 12.4. The van der Waals surface area contributed by atoms with E-state index in [1.165, 1.54) is 0 Å². The first-order valence-electron chi connectivity index (χ1n) is 6.02. The number of pyridine rings is 2. The number of aryl methyl sites for hydroxylation is 1. The number of imidazole rings is 1. The molecule has 3 heterocycles. The van der Waals surface area contributed by atoms with E-state index < -0.39 is 0 Å². The van der Waals surface area contributed by atoms with Crippen LogP contribution in [0.2, 0.25) is 5.15 Å². The van der Waals surface area contributed by atoms with E-state index in [1.54, 1.807) is 35.9 Å². The third-order valence-electron chi connectivity index (χ3n) is 2.93. The molecule has 0 aliphatic carbocycles. The van der Waals surface area contributed by atoms with Crippen LogP contribution in [-0.4, -0.2) is 20.3 Å². The number of rotatable bonds is 2. The second kappa shape index (κ2) is 4.94. The van der Waals surface area contributed by atoms with Gasteiger partial charge < -0.3 is 5.32 Å². The van der Waals surface area contributed by atoms with Gasteiger partial charge in [0.25, 0.3) is 5.91 Å². The third-order valence-corrected chi connectivity index (χ3v) is 3.23. The van der Waals surface area contributed by atoms with Crippen LogP contribution < -0.4 is 5.32 Å². The smallest absolute Gasteiger partial charge is 0.274 e. The Morgan fingerprint density at radius 1 is 1.30 bits per heavy atom. The summed E-state index contributed by atoms with van der Waals surface area (Å²) in [5.41, 5.74) is 2.35. The van der Waals surface area contributed by atoms with Crippen molar-refractivity contribution in [1.82, 2.24) is 14.4 Å². The summed E-state index contributed by atoms with van der Waals surface area (Å²) in [6.45, 7) is 1.80. The molecule has 1 N–H and O–H groups in total. The average Bonchev–Trinajstić information content (AvgIpc) is 2.77. The van der Waals surface area contributed by atoms with Crippen molar-refractivity contribution in [2.45, 2.75) is 6.92 Å². The average molecular weight is 287 g/mol. The van der Waals surface area contributed by atoms with Gasteiger partial charge in [-0.3, -0.25) is 9.20 Å². The molecule has 0 atom stereocenters. The van der Waals surface area contributed by atoms with Gasteiger partial charge in [-0.2, -0.15) is 0 Å². The number of halogens is 1. The minimum atomic E-state index is -0.267. The number of fused-ring (bicyclic) bond motifs is 1. The molecule has 0 aliphatic rings. The Hall–Kier alpha value is -2.40. The molecule has 3 rings (SSSR count). The van der Waals surface area contributed by atoms with E-state index in [2.05, 4.69) is 15.3 Å². The summed E-state index contributed by atoms with van der Waals surface area (Å²) >= 11 is 5.94. The number of anilines is 1. The highest BCUT2D eigenvalue weighted by Gasteiger charge is 2.17. The number of carbonyl (C=O) groups excluding carboxylic acids is 1. The van der Waals surface area contributed by atoms with Crippen LogP contribution in [0, 0.1) is 6.92 Å². The molecule has 0 saturated heterocycles. The monoisotopic (exact) mass is 286 g/mol. The number of hydrogen-bond acceptors (Lipinski definition) is 3. The quantitative estimate of drug-likeness (QED) is 0.737. The highest BCUT2D eigenvalue weighted by atomic mass is 35.5. The molecular formula is C14H11ClN4O. The topological polar surface area (TPSA) is 59.3 Å². The minimum Gasteiger partial charge on any atom is -0.318 e.